The van der Waals surface area contributed by atoms with Crippen LogP contribution in [-0.4, -0.2) is 17.3 Å². The van der Waals surface area contributed by atoms with Crippen LogP contribution in [0.2, 0.25) is 0 Å². The van der Waals surface area contributed by atoms with E-state index in [-0.39, 0.29) is 11.4 Å². The normalized spacial score (nSPS) is 14.5. The lowest BCUT2D eigenvalue weighted by Crippen LogP contribution is -2.16. The van der Waals surface area contributed by atoms with Crippen LogP contribution < -0.4 is 0 Å². The predicted octanol–water partition coefficient (Wildman–Crippen LogP) is 4.40. The molecule has 0 spiro atoms. The summed E-state index contributed by atoms with van der Waals surface area (Å²) in [5.41, 5.74) is 0.367. The minimum Gasteiger partial charge on any atom is -0.290 e. The molecule has 3 heteroatoms. The van der Waals surface area contributed by atoms with Gasteiger partial charge in [0.1, 0.15) is 0 Å². The number of carbonyl (C=O) groups is 3. The van der Waals surface area contributed by atoms with E-state index in [0.29, 0.717) is 5.56 Å². The van der Waals surface area contributed by atoms with Crippen LogP contribution in [0.5, 0.6) is 0 Å². The fourth-order valence-electron chi connectivity index (χ4n) is 3.76. The van der Waals surface area contributed by atoms with Crippen LogP contribution in [0, 0.1) is 0 Å². The average molecular weight is 336 g/mol. The number of benzene rings is 4. The molecular formula is C23H12O3. The highest BCUT2D eigenvalue weighted by Gasteiger charge is 2.24. The quantitative estimate of drug-likeness (QED) is 0.236. The third-order valence-corrected chi connectivity index (χ3v) is 4.97. The largest absolute Gasteiger partial charge is 0.290 e. The van der Waals surface area contributed by atoms with Crippen LogP contribution in [0.3, 0.4) is 0 Å². The molecule has 3 nitrogen and oxygen atoms in total. The summed E-state index contributed by atoms with van der Waals surface area (Å²) in [7, 11) is 0. The van der Waals surface area contributed by atoms with Gasteiger partial charge in [-0.25, -0.2) is 0 Å². The first-order valence-electron chi connectivity index (χ1n) is 8.33. The Morgan fingerprint density at radius 3 is 2.12 bits per heavy atom. The molecule has 0 amide bonds. The van der Waals surface area contributed by atoms with E-state index < -0.39 is 11.6 Å². The van der Waals surface area contributed by atoms with Gasteiger partial charge in [-0.3, -0.25) is 14.4 Å². The maximum atomic E-state index is 13.0. The molecule has 5 rings (SSSR count). The predicted molar refractivity (Wildman–Crippen MR) is 102 cm³/mol. The van der Waals surface area contributed by atoms with Gasteiger partial charge in [0, 0.05) is 11.6 Å². The number of hydrogen-bond donors (Lipinski definition) is 0. The highest BCUT2D eigenvalue weighted by molar-refractivity contribution is 6.37. The van der Waals surface area contributed by atoms with E-state index in [9.17, 15) is 14.4 Å². The van der Waals surface area contributed by atoms with Crippen molar-refractivity contribution in [1.29, 1.82) is 0 Å². The summed E-state index contributed by atoms with van der Waals surface area (Å²) >= 11 is 0. The van der Waals surface area contributed by atoms with Gasteiger partial charge in [0.15, 0.2) is 17.3 Å². The third kappa shape index (κ3) is 1.97. The number of hydrogen-bond acceptors (Lipinski definition) is 3. The van der Waals surface area contributed by atoms with Crippen molar-refractivity contribution in [2.75, 3.05) is 0 Å². The van der Waals surface area contributed by atoms with Gasteiger partial charge < -0.3 is 0 Å². The smallest absolute Gasteiger partial charge is 0.197 e. The van der Waals surface area contributed by atoms with Gasteiger partial charge in [-0.2, -0.15) is 0 Å². The fraction of sp³-hybridized carbons (Fsp3) is 0. The van der Waals surface area contributed by atoms with Crippen LogP contribution in [0.25, 0.3) is 32.3 Å². The van der Waals surface area contributed by atoms with E-state index in [4.69, 9.17) is 0 Å². The van der Waals surface area contributed by atoms with Gasteiger partial charge in [0.25, 0.3) is 0 Å². The summed E-state index contributed by atoms with van der Waals surface area (Å²) in [5.74, 6) is -1.18. The molecule has 0 saturated carbocycles. The summed E-state index contributed by atoms with van der Waals surface area (Å²) in [5, 5.41) is 6.18. The Morgan fingerprint density at radius 2 is 1.35 bits per heavy atom. The Balaban J connectivity index is 1.83. The van der Waals surface area contributed by atoms with Gasteiger partial charge in [0.05, 0.1) is 5.57 Å². The second-order valence-corrected chi connectivity index (χ2v) is 6.46. The second kappa shape index (κ2) is 5.20. The Bertz CT molecular complexity index is 1310. The van der Waals surface area contributed by atoms with Crippen molar-refractivity contribution < 1.29 is 14.4 Å². The summed E-state index contributed by atoms with van der Waals surface area (Å²) in [6.45, 7) is 0. The minimum absolute atomic E-state index is 0.0764. The maximum absolute atomic E-state index is 13.0. The van der Waals surface area contributed by atoms with Crippen molar-refractivity contribution in [3.63, 3.8) is 0 Å². The maximum Gasteiger partial charge on any atom is 0.197 e. The summed E-state index contributed by atoms with van der Waals surface area (Å²) in [6, 6.07) is 17.8. The number of rotatable bonds is 2. The van der Waals surface area contributed by atoms with Crippen molar-refractivity contribution in [1.82, 2.24) is 0 Å². The Labute approximate surface area is 148 Å². The molecule has 26 heavy (non-hydrogen) atoms. The minimum atomic E-state index is -0.430. The highest BCUT2D eigenvalue weighted by atomic mass is 16.2. The van der Waals surface area contributed by atoms with Gasteiger partial charge in [-0.1, -0.05) is 48.5 Å². The second-order valence-electron chi connectivity index (χ2n) is 6.46. The average Bonchev–Trinajstić information content (AvgIpc) is 2.67. The fourth-order valence-corrected chi connectivity index (χ4v) is 3.76. The van der Waals surface area contributed by atoms with Crippen LogP contribution in [0.1, 0.15) is 10.4 Å². The molecule has 0 heterocycles. The molecule has 0 N–H and O–H groups in total. The first-order chi connectivity index (χ1) is 12.6. The molecular weight excluding hydrogens is 324 g/mol. The Morgan fingerprint density at radius 1 is 0.692 bits per heavy atom. The van der Waals surface area contributed by atoms with Crippen molar-refractivity contribution >= 4 is 49.7 Å². The Kier molecular flexibility index (Phi) is 2.95. The lowest BCUT2D eigenvalue weighted by atomic mass is 9.88. The van der Waals surface area contributed by atoms with Crippen LogP contribution in [0.15, 0.2) is 78.4 Å². The van der Waals surface area contributed by atoms with E-state index in [1.54, 1.807) is 6.07 Å². The van der Waals surface area contributed by atoms with E-state index in [0.717, 1.165) is 44.5 Å². The molecule has 0 aliphatic heterocycles. The van der Waals surface area contributed by atoms with Gasteiger partial charge >= 0.3 is 0 Å². The van der Waals surface area contributed by atoms with Crippen molar-refractivity contribution in [2.24, 2.45) is 0 Å². The molecule has 0 fully saturated rings. The first kappa shape index (κ1) is 14.7. The molecule has 1 aliphatic rings. The van der Waals surface area contributed by atoms with Gasteiger partial charge in [0.2, 0.25) is 0 Å². The molecule has 0 radical (unpaired) electrons. The molecule has 1 aliphatic carbocycles. The number of allylic oxidation sites excluding steroid dienone is 4. The number of Topliss-reactive ketones (excluding diaryl/α,β-unsaturated/α-hetero) is 1. The van der Waals surface area contributed by atoms with E-state index in [1.807, 2.05) is 42.5 Å². The zero-order valence-corrected chi connectivity index (χ0v) is 13.7. The van der Waals surface area contributed by atoms with E-state index >= 15 is 0 Å². The molecule has 0 unspecified atom stereocenters. The zero-order chi connectivity index (χ0) is 17.8. The van der Waals surface area contributed by atoms with Crippen molar-refractivity contribution in [3.8, 4) is 0 Å². The molecule has 0 bridgehead atoms. The molecule has 4 aromatic rings. The lowest BCUT2D eigenvalue weighted by molar-refractivity contribution is -0.114. The first-order valence-corrected chi connectivity index (χ1v) is 8.33. The number of carbonyl (C=O) groups excluding carboxylic acids is 3. The molecule has 4 aromatic carbocycles. The number of ketones is 3. The third-order valence-electron chi connectivity index (χ3n) is 4.97. The van der Waals surface area contributed by atoms with Crippen LogP contribution in [0.4, 0.5) is 0 Å². The summed E-state index contributed by atoms with van der Waals surface area (Å²) < 4.78 is 0. The topological polar surface area (TPSA) is 51.2 Å². The van der Waals surface area contributed by atoms with E-state index in [1.165, 1.54) is 6.08 Å². The van der Waals surface area contributed by atoms with Crippen molar-refractivity contribution in [3.05, 3.63) is 84.0 Å². The van der Waals surface area contributed by atoms with E-state index in [2.05, 4.69) is 6.07 Å². The molecule has 122 valence electrons. The van der Waals surface area contributed by atoms with Crippen LogP contribution in [-0.2, 0) is 9.59 Å². The summed E-state index contributed by atoms with van der Waals surface area (Å²) in [6.07, 6.45) is 3.47. The zero-order valence-electron chi connectivity index (χ0n) is 13.7. The van der Waals surface area contributed by atoms with Gasteiger partial charge in [-0.05, 0) is 50.5 Å². The van der Waals surface area contributed by atoms with Crippen molar-refractivity contribution in [2.45, 2.75) is 0 Å². The highest BCUT2D eigenvalue weighted by Crippen LogP contribution is 2.36. The molecule has 0 aromatic heterocycles. The monoisotopic (exact) mass is 336 g/mol. The Hall–Kier alpha value is -3.59. The van der Waals surface area contributed by atoms with Crippen LogP contribution >= 0.6 is 0 Å². The molecule has 0 atom stereocenters. The lowest BCUT2D eigenvalue weighted by Gasteiger charge is -2.14. The standard InChI is InChI=1S/C23H12O3/c24-16-8-11-20(25)19(12-16)23(26)18-10-7-15-5-4-13-2-1-3-14-6-9-17(18)22(15)21(13)14/h1-12H. The SMILES string of the molecule is O=C1C=CC(=O)C(C(=O)c2ccc3ccc4cccc5ccc2c3c45)=C1. The molecule has 0 saturated heterocycles. The van der Waals surface area contributed by atoms with Gasteiger partial charge in [-0.15, -0.1) is 0 Å². The summed E-state index contributed by atoms with van der Waals surface area (Å²) in [4.78, 5) is 36.7.